The van der Waals surface area contributed by atoms with Crippen LogP contribution in [0.2, 0.25) is 10.0 Å². The molecule has 0 saturated heterocycles. The lowest BCUT2D eigenvalue weighted by molar-refractivity contribution is -0.117. The highest BCUT2D eigenvalue weighted by atomic mass is 35.5. The van der Waals surface area contributed by atoms with E-state index in [1.54, 1.807) is 18.2 Å². The van der Waals surface area contributed by atoms with Crippen LogP contribution in [0.4, 0.5) is 5.69 Å². The molecule has 124 valence electrons. The molecular formula is C19H18Cl2N2O. The smallest absolute Gasteiger partial charge is 0.238 e. The number of anilines is 1. The van der Waals surface area contributed by atoms with E-state index in [1.165, 1.54) is 11.1 Å². The zero-order valence-corrected chi connectivity index (χ0v) is 14.6. The van der Waals surface area contributed by atoms with Gasteiger partial charge in [0, 0.05) is 28.8 Å². The number of hydrogen-bond acceptors (Lipinski definition) is 2. The maximum atomic E-state index is 12.2. The van der Waals surface area contributed by atoms with Gasteiger partial charge in [-0.3, -0.25) is 9.69 Å². The second-order valence-electron chi connectivity index (χ2n) is 5.79. The molecule has 1 aliphatic rings. The Morgan fingerprint density at radius 2 is 1.79 bits per heavy atom. The molecule has 2 aromatic rings. The predicted molar refractivity (Wildman–Crippen MR) is 101 cm³/mol. The Labute approximate surface area is 151 Å². The molecule has 0 unspecified atom stereocenters. The minimum absolute atomic E-state index is 0.0649. The van der Waals surface area contributed by atoms with Gasteiger partial charge in [0.2, 0.25) is 5.91 Å². The van der Waals surface area contributed by atoms with Crippen LogP contribution in [0.1, 0.15) is 12.0 Å². The van der Waals surface area contributed by atoms with Gasteiger partial charge in [0.05, 0.1) is 6.54 Å². The average molecular weight is 361 g/mol. The van der Waals surface area contributed by atoms with Crippen molar-refractivity contribution in [2.24, 2.45) is 0 Å². The molecule has 0 atom stereocenters. The van der Waals surface area contributed by atoms with Crippen LogP contribution >= 0.6 is 23.2 Å². The van der Waals surface area contributed by atoms with Crippen LogP contribution in [0.5, 0.6) is 0 Å². The summed E-state index contributed by atoms with van der Waals surface area (Å²) in [4.78, 5) is 14.3. The van der Waals surface area contributed by atoms with Gasteiger partial charge in [-0.1, -0.05) is 59.6 Å². The standard InChI is InChI=1S/C19H18Cl2N2O/c20-16-10-17(21)12-18(11-16)22-19(24)13-23-8-6-15(7-9-23)14-4-2-1-3-5-14/h1-6,10-12H,7-9,13H2,(H,22,24). The lowest BCUT2D eigenvalue weighted by Crippen LogP contribution is -2.36. The molecule has 1 amide bonds. The van der Waals surface area contributed by atoms with E-state index in [0.29, 0.717) is 22.3 Å². The van der Waals surface area contributed by atoms with Crippen LogP contribution < -0.4 is 5.32 Å². The number of nitrogens with zero attached hydrogens (tertiary/aromatic N) is 1. The zero-order valence-electron chi connectivity index (χ0n) is 13.1. The highest BCUT2D eigenvalue weighted by Crippen LogP contribution is 2.23. The number of hydrogen-bond donors (Lipinski definition) is 1. The molecule has 2 aromatic carbocycles. The summed E-state index contributed by atoms with van der Waals surface area (Å²) < 4.78 is 0. The Morgan fingerprint density at radius 3 is 2.42 bits per heavy atom. The van der Waals surface area contributed by atoms with Crippen molar-refractivity contribution in [2.75, 3.05) is 25.0 Å². The third-order valence-corrected chi connectivity index (χ3v) is 4.39. The topological polar surface area (TPSA) is 32.3 Å². The highest BCUT2D eigenvalue weighted by molar-refractivity contribution is 6.35. The van der Waals surface area contributed by atoms with Crippen molar-refractivity contribution in [1.29, 1.82) is 0 Å². The van der Waals surface area contributed by atoms with Gasteiger partial charge in [0.25, 0.3) is 0 Å². The van der Waals surface area contributed by atoms with Crippen LogP contribution in [-0.4, -0.2) is 30.4 Å². The summed E-state index contributed by atoms with van der Waals surface area (Å²) in [6.07, 6.45) is 3.14. The van der Waals surface area contributed by atoms with Gasteiger partial charge in [-0.25, -0.2) is 0 Å². The molecule has 0 fully saturated rings. The molecule has 0 spiro atoms. The molecular weight excluding hydrogens is 343 g/mol. The molecule has 0 bridgehead atoms. The average Bonchev–Trinajstić information content (AvgIpc) is 2.55. The Balaban J connectivity index is 1.56. The lowest BCUT2D eigenvalue weighted by atomic mass is 10.00. The number of nitrogens with one attached hydrogen (secondary N) is 1. The molecule has 1 heterocycles. The van der Waals surface area contributed by atoms with E-state index in [0.717, 1.165) is 19.5 Å². The summed E-state index contributed by atoms with van der Waals surface area (Å²) in [5.74, 6) is -0.0649. The first-order valence-electron chi connectivity index (χ1n) is 7.83. The molecule has 3 nitrogen and oxygen atoms in total. The van der Waals surface area contributed by atoms with Crippen LogP contribution in [0.25, 0.3) is 5.57 Å². The quantitative estimate of drug-likeness (QED) is 0.855. The van der Waals surface area contributed by atoms with Gasteiger partial charge >= 0.3 is 0 Å². The zero-order chi connectivity index (χ0) is 16.9. The Bertz CT molecular complexity index is 739. The molecule has 0 aromatic heterocycles. The molecule has 1 N–H and O–H groups in total. The van der Waals surface area contributed by atoms with Gasteiger partial charge in [0.1, 0.15) is 0 Å². The van der Waals surface area contributed by atoms with Gasteiger partial charge in [-0.2, -0.15) is 0 Å². The van der Waals surface area contributed by atoms with Gasteiger partial charge in [0.15, 0.2) is 0 Å². The van der Waals surface area contributed by atoms with Crippen molar-refractivity contribution in [3.05, 3.63) is 70.2 Å². The summed E-state index contributed by atoms with van der Waals surface area (Å²) in [6, 6.07) is 15.4. The number of rotatable bonds is 4. The molecule has 1 aliphatic heterocycles. The maximum absolute atomic E-state index is 12.2. The third-order valence-electron chi connectivity index (χ3n) is 3.95. The maximum Gasteiger partial charge on any atom is 0.238 e. The molecule has 3 rings (SSSR count). The number of amides is 1. The summed E-state index contributed by atoms with van der Waals surface area (Å²) >= 11 is 11.9. The molecule has 0 aliphatic carbocycles. The van der Waals surface area contributed by atoms with E-state index < -0.39 is 0 Å². The first-order chi connectivity index (χ1) is 11.6. The Morgan fingerprint density at radius 1 is 1.08 bits per heavy atom. The van der Waals surface area contributed by atoms with E-state index in [4.69, 9.17) is 23.2 Å². The van der Waals surface area contributed by atoms with Gasteiger partial charge in [-0.15, -0.1) is 0 Å². The van der Waals surface area contributed by atoms with Crippen LogP contribution in [0, 0.1) is 0 Å². The SMILES string of the molecule is O=C(CN1CC=C(c2ccccc2)CC1)Nc1cc(Cl)cc(Cl)c1. The number of carbonyl (C=O) groups is 1. The number of benzene rings is 2. The van der Waals surface area contributed by atoms with Crippen molar-refractivity contribution in [1.82, 2.24) is 4.90 Å². The minimum Gasteiger partial charge on any atom is -0.325 e. The molecule has 0 radical (unpaired) electrons. The summed E-state index contributed by atoms with van der Waals surface area (Å²) in [5.41, 5.74) is 3.22. The fourth-order valence-corrected chi connectivity index (χ4v) is 3.32. The normalized spacial score (nSPS) is 15.0. The highest BCUT2D eigenvalue weighted by Gasteiger charge is 2.16. The predicted octanol–water partition coefficient (Wildman–Crippen LogP) is 4.72. The fraction of sp³-hybridized carbons (Fsp3) is 0.211. The summed E-state index contributed by atoms with van der Waals surface area (Å²) in [7, 11) is 0. The summed E-state index contributed by atoms with van der Waals surface area (Å²) in [5, 5.41) is 3.86. The van der Waals surface area contributed by atoms with E-state index in [1.807, 2.05) is 18.2 Å². The Hall–Kier alpha value is -1.81. The van der Waals surface area contributed by atoms with Gasteiger partial charge < -0.3 is 5.32 Å². The lowest BCUT2D eigenvalue weighted by Gasteiger charge is -2.25. The van der Waals surface area contributed by atoms with Crippen molar-refractivity contribution < 1.29 is 4.79 Å². The monoisotopic (exact) mass is 360 g/mol. The summed E-state index contributed by atoms with van der Waals surface area (Å²) in [6.45, 7) is 1.99. The van der Waals surface area contributed by atoms with Crippen LogP contribution in [0.15, 0.2) is 54.6 Å². The third kappa shape index (κ3) is 4.60. The molecule has 5 heteroatoms. The minimum atomic E-state index is -0.0649. The van der Waals surface area contributed by atoms with Crippen molar-refractivity contribution >= 4 is 40.4 Å². The second-order valence-corrected chi connectivity index (χ2v) is 6.66. The van der Waals surface area contributed by atoms with Crippen LogP contribution in [-0.2, 0) is 4.79 Å². The van der Waals surface area contributed by atoms with E-state index in [9.17, 15) is 4.79 Å². The fourth-order valence-electron chi connectivity index (χ4n) is 2.80. The number of carbonyl (C=O) groups excluding carboxylic acids is 1. The van der Waals surface area contributed by atoms with Crippen molar-refractivity contribution in [2.45, 2.75) is 6.42 Å². The second kappa shape index (κ2) is 7.84. The van der Waals surface area contributed by atoms with Crippen LogP contribution in [0.3, 0.4) is 0 Å². The molecule has 24 heavy (non-hydrogen) atoms. The van der Waals surface area contributed by atoms with Gasteiger partial charge in [-0.05, 0) is 35.8 Å². The molecule has 0 saturated carbocycles. The van der Waals surface area contributed by atoms with Crippen molar-refractivity contribution in [3.63, 3.8) is 0 Å². The Kier molecular flexibility index (Phi) is 5.56. The van der Waals surface area contributed by atoms with Crippen molar-refractivity contribution in [3.8, 4) is 0 Å². The largest absolute Gasteiger partial charge is 0.325 e. The van der Waals surface area contributed by atoms with E-state index in [2.05, 4.69) is 28.4 Å². The van der Waals surface area contributed by atoms with E-state index >= 15 is 0 Å². The van der Waals surface area contributed by atoms with E-state index in [-0.39, 0.29) is 5.91 Å². The number of halogens is 2. The first-order valence-corrected chi connectivity index (χ1v) is 8.58. The first kappa shape index (κ1) is 17.0.